The van der Waals surface area contributed by atoms with Crippen LogP contribution in [0.15, 0.2) is 103 Å². The van der Waals surface area contributed by atoms with Crippen LogP contribution in [0.1, 0.15) is 30.0 Å². The van der Waals surface area contributed by atoms with E-state index in [-0.39, 0.29) is 30.5 Å². The number of rotatable bonds is 12. The summed E-state index contributed by atoms with van der Waals surface area (Å²) in [6, 6.07) is 30.5. The maximum Gasteiger partial charge on any atom is 0.115 e. The van der Waals surface area contributed by atoms with Gasteiger partial charge in [-0.1, -0.05) is 103 Å². The molecular formula is C31H37NO4. The summed E-state index contributed by atoms with van der Waals surface area (Å²) >= 11 is 0. The van der Waals surface area contributed by atoms with Gasteiger partial charge in [0.15, 0.2) is 0 Å². The van der Waals surface area contributed by atoms with E-state index in [0.29, 0.717) is 32.8 Å². The van der Waals surface area contributed by atoms with Crippen LogP contribution in [0.3, 0.4) is 0 Å². The Morgan fingerprint density at radius 3 is 1.56 bits per heavy atom. The lowest BCUT2D eigenvalue weighted by molar-refractivity contribution is -0.260. The molecule has 190 valence electrons. The van der Waals surface area contributed by atoms with Gasteiger partial charge in [-0.25, -0.2) is 0 Å². The molecule has 0 bridgehead atoms. The van der Waals surface area contributed by atoms with Crippen molar-refractivity contribution < 1.29 is 18.9 Å². The molecule has 5 nitrogen and oxygen atoms in total. The summed E-state index contributed by atoms with van der Waals surface area (Å²) in [6.07, 6.45) is -0.821. The summed E-state index contributed by atoms with van der Waals surface area (Å²) < 4.78 is 26.1. The van der Waals surface area contributed by atoms with E-state index in [9.17, 15) is 0 Å². The van der Waals surface area contributed by atoms with Crippen molar-refractivity contribution in [3.8, 4) is 0 Å². The van der Waals surface area contributed by atoms with Gasteiger partial charge in [0.25, 0.3) is 0 Å². The van der Waals surface area contributed by atoms with Gasteiger partial charge in [0, 0.05) is 6.54 Å². The summed E-state index contributed by atoms with van der Waals surface area (Å²) in [5.74, 6) is 0. The third-order valence-electron chi connectivity index (χ3n) is 6.50. The van der Waals surface area contributed by atoms with Gasteiger partial charge in [-0.3, -0.25) is 0 Å². The zero-order valence-corrected chi connectivity index (χ0v) is 21.0. The molecule has 5 atom stereocenters. The molecule has 5 unspecified atom stereocenters. The summed E-state index contributed by atoms with van der Waals surface area (Å²) in [6.45, 7) is 7.95. The van der Waals surface area contributed by atoms with Gasteiger partial charge in [0.2, 0.25) is 0 Å². The van der Waals surface area contributed by atoms with Crippen LogP contribution < -0.4 is 5.73 Å². The number of hydrogen-bond donors (Lipinski definition) is 1. The maximum atomic E-state index is 6.60. The fourth-order valence-electron chi connectivity index (χ4n) is 4.55. The molecule has 1 saturated heterocycles. The van der Waals surface area contributed by atoms with Crippen LogP contribution in [0.25, 0.3) is 0 Å². The second-order valence-corrected chi connectivity index (χ2v) is 9.32. The molecule has 1 aliphatic rings. The lowest BCUT2D eigenvalue weighted by Gasteiger charge is -2.45. The highest BCUT2D eigenvalue weighted by Gasteiger charge is 2.46. The van der Waals surface area contributed by atoms with Gasteiger partial charge in [-0.05, 0) is 30.0 Å². The molecule has 0 saturated carbocycles. The van der Waals surface area contributed by atoms with E-state index >= 15 is 0 Å². The quantitative estimate of drug-likeness (QED) is 0.345. The van der Waals surface area contributed by atoms with Crippen LogP contribution >= 0.6 is 0 Å². The molecule has 1 fully saturated rings. The van der Waals surface area contributed by atoms with Crippen molar-refractivity contribution in [1.29, 1.82) is 0 Å². The van der Waals surface area contributed by atoms with E-state index in [4.69, 9.17) is 24.7 Å². The lowest BCUT2D eigenvalue weighted by atomic mass is 9.91. The highest BCUT2D eigenvalue weighted by molar-refractivity contribution is 5.16. The summed E-state index contributed by atoms with van der Waals surface area (Å²) in [5.41, 5.74) is 10.1. The van der Waals surface area contributed by atoms with E-state index in [1.807, 2.05) is 61.5 Å². The van der Waals surface area contributed by atoms with Crippen molar-refractivity contribution in [3.63, 3.8) is 0 Å². The average Bonchev–Trinajstić information content (AvgIpc) is 2.92. The highest BCUT2D eigenvalue weighted by Crippen LogP contribution is 2.32. The minimum Gasteiger partial charge on any atom is -0.369 e. The predicted molar refractivity (Wildman–Crippen MR) is 142 cm³/mol. The number of benzene rings is 3. The fourth-order valence-corrected chi connectivity index (χ4v) is 4.55. The van der Waals surface area contributed by atoms with Crippen molar-refractivity contribution in [1.82, 2.24) is 0 Å². The zero-order valence-electron chi connectivity index (χ0n) is 21.0. The molecule has 1 aliphatic heterocycles. The van der Waals surface area contributed by atoms with Gasteiger partial charge < -0.3 is 24.7 Å². The Kier molecular flexibility index (Phi) is 9.84. The Hall–Kier alpha value is -2.80. The molecule has 0 radical (unpaired) electrons. The molecular weight excluding hydrogens is 450 g/mol. The number of nitrogens with two attached hydrogens (primary N) is 1. The molecule has 0 aliphatic carbocycles. The first-order chi connectivity index (χ1) is 17.6. The van der Waals surface area contributed by atoms with Crippen LogP contribution in [0.2, 0.25) is 0 Å². The fraction of sp³-hybridized carbons (Fsp3) is 0.355. The molecule has 0 aromatic heterocycles. The first-order valence-corrected chi connectivity index (χ1v) is 12.6. The van der Waals surface area contributed by atoms with Crippen LogP contribution in [0.4, 0.5) is 0 Å². The van der Waals surface area contributed by atoms with Gasteiger partial charge in [0.1, 0.15) is 18.3 Å². The second-order valence-electron chi connectivity index (χ2n) is 9.32. The van der Waals surface area contributed by atoms with Gasteiger partial charge in [0.05, 0.1) is 32.0 Å². The largest absolute Gasteiger partial charge is 0.369 e. The minimum atomic E-state index is -0.353. The highest BCUT2D eigenvalue weighted by atomic mass is 16.6. The Labute approximate surface area is 214 Å². The predicted octanol–water partition coefficient (Wildman–Crippen LogP) is 5.43. The molecule has 0 spiro atoms. The molecule has 3 aromatic carbocycles. The number of ether oxygens (including phenoxy) is 4. The van der Waals surface area contributed by atoms with Crippen LogP contribution in [0, 0.1) is 0 Å². The normalized spacial score (nSPS) is 23.9. The van der Waals surface area contributed by atoms with Crippen LogP contribution in [-0.4, -0.2) is 37.1 Å². The molecule has 5 heteroatoms. The Morgan fingerprint density at radius 1 is 0.694 bits per heavy atom. The summed E-state index contributed by atoms with van der Waals surface area (Å²) in [7, 11) is 0. The topological polar surface area (TPSA) is 62.9 Å². The van der Waals surface area contributed by atoms with E-state index in [2.05, 4.69) is 43.0 Å². The molecule has 0 amide bonds. The van der Waals surface area contributed by atoms with E-state index in [1.165, 1.54) is 0 Å². The first kappa shape index (κ1) is 26.3. The Bertz CT molecular complexity index is 1040. The standard InChI is InChI=1S/C31H37NO4/c1-23(19-32)18-28-30(34-21-26-14-8-4-9-15-26)31(35-22-27-16-10-5-11-17-27)29(24(2)36-28)33-20-25-12-6-3-7-13-25/h3-17,24,28-31H,1,18-22,32H2,2H3. The van der Waals surface area contributed by atoms with Crippen LogP contribution in [-0.2, 0) is 38.8 Å². The molecule has 2 N–H and O–H groups in total. The first-order valence-electron chi connectivity index (χ1n) is 12.6. The monoisotopic (exact) mass is 487 g/mol. The second kappa shape index (κ2) is 13.5. The van der Waals surface area contributed by atoms with Gasteiger partial charge in [-0.15, -0.1) is 0 Å². The van der Waals surface area contributed by atoms with Crippen LogP contribution in [0.5, 0.6) is 0 Å². The Morgan fingerprint density at radius 2 is 1.11 bits per heavy atom. The van der Waals surface area contributed by atoms with Crippen molar-refractivity contribution >= 4 is 0 Å². The van der Waals surface area contributed by atoms with Crippen molar-refractivity contribution in [2.45, 2.75) is 63.7 Å². The summed E-state index contributed by atoms with van der Waals surface area (Å²) in [4.78, 5) is 0. The molecule has 36 heavy (non-hydrogen) atoms. The Balaban J connectivity index is 1.58. The minimum absolute atomic E-state index is 0.193. The average molecular weight is 488 g/mol. The molecule has 4 rings (SSSR count). The smallest absolute Gasteiger partial charge is 0.115 e. The number of hydrogen-bond acceptors (Lipinski definition) is 5. The zero-order chi connectivity index (χ0) is 25.2. The van der Waals surface area contributed by atoms with E-state index < -0.39 is 0 Å². The van der Waals surface area contributed by atoms with Gasteiger partial charge in [-0.2, -0.15) is 0 Å². The third kappa shape index (κ3) is 7.36. The van der Waals surface area contributed by atoms with Crippen molar-refractivity contribution in [2.24, 2.45) is 5.73 Å². The van der Waals surface area contributed by atoms with Crippen molar-refractivity contribution in [2.75, 3.05) is 6.54 Å². The molecule has 3 aromatic rings. The maximum absolute atomic E-state index is 6.60. The van der Waals surface area contributed by atoms with E-state index in [0.717, 1.165) is 22.3 Å². The van der Waals surface area contributed by atoms with Gasteiger partial charge >= 0.3 is 0 Å². The summed E-state index contributed by atoms with van der Waals surface area (Å²) in [5, 5.41) is 0. The lowest BCUT2D eigenvalue weighted by Crippen LogP contribution is -2.59. The van der Waals surface area contributed by atoms with E-state index in [1.54, 1.807) is 0 Å². The SMILES string of the molecule is C=C(CN)CC1OC(C)C(OCc2ccccc2)C(OCc2ccccc2)C1OCc1ccccc1. The third-order valence-corrected chi connectivity index (χ3v) is 6.50. The molecule has 1 heterocycles. The van der Waals surface area contributed by atoms with Crippen molar-refractivity contribution in [3.05, 3.63) is 120 Å².